The fraction of sp³-hybridized carbons (Fsp3) is 0.316. The summed E-state index contributed by atoms with van der Waals surface area (Å²) in [5.74, 6) is -3.70. The summed E-state index contributed by atoms with van der Waals surface area (Å²) < 4.78 is 40.4. The van der Waals surface area contributed by atoms with Gasteiger partial charge in [0.1, 0.15) is 35.6 Å². The summed E-state index contributed by atoms with van der Waals surface area (Å²) in [5, 5.41) is 24.5. The maximum absolute atomic E-state index is 13.0. The number of nitrogens with one attached hydrogen (secondary N) is 2. The average Bonchev–Trinajstić information content (AvgIpc) is 3.28. The number of nitrogen functional groups attached to an aromatic ring is 2. The van der Waals surface area contributed by atoms with Crippen LogP contribution in [0.5, 0.6) is 5.75 Å². The zero-order valence-electron chi connectivity index (χ0n) is 20.1. The first-order valence-electron chi connectivity index (χ1n) is 10.5. The van der Waals surface area contributed by atoms with Crippen LogP contribution < -0.4 is 21.5 Å². The number of hydroxylamine groups is 2. The number of hydrogen-bond acceptors (Lipinski definition) is 14. The smallest absolute Gasteiger partial charge is 0.418 e. The van der Waals surface area contributed by atoms with Gasteiger partial charge in [0.2, 0.25) is 0 Å². The number of nitrogens with zero attached hydrogens (tertiary/aromatic N) is 4. The molecule has 0 aliphatic carbocycles. The molecule has 2 aromatic rings. The minimum Gasteiger partial charge on any atom is -0.487 e. The van der Waals surface area contributed by atoms with Crippen molar-refractivity contribution in [3.05, 3.63) is 35.1 Å². The number of carboxylic acids is 1. The van der Waals surface area contributed by atoms with Gasteiger partial charge in [0.25, 0.3) is 17.9 Å². The summed E-state index contributed by atoms with van der Waals surface area (Å²) >= 11 is 0.936. The predicted octanol–water partition coefficient (Wildman–Crippen LogP) is -1.50. The molecule has 1 aliphatic heterocycles. The number of thiazole rings is 1. The van der Waals surface area contributed by atoms with E-state index in [1.807, 2.05) is 0 Å². The fourth-order valence-corrected chi connectivity index (χ4v) is 4.08. The van der Waals surface area contributed by atoms with Gasteiger partial charge in [-0.25, -0.2) is 14.8 Å². The molecule has 0 unspecified atom stereocenters. The third kappa shape index (κ3) is 6.93. The molecule has 3 heterocycles. The Morgan fingerprint density at radius 3 is 2.54 bits per heavy atom. The van der Waals surface area contributed by atoms with Gasteiger partial charge in [-0.1, -0.05) is 5.16 Å². The van der Waals surface area contributed by atoms with Crippen LogP contribution in [0, 0.1) is 5.41 Å². The highest BCUT2D eigenvalue weighted by molar-refractivity contribution is 7.80. The maximum Gasteiger partial charge on any atom is 0.418 e. The van der Waals surface area contributed by atoms with E-state index in [9.17, 15) is 27.9 Å². The second kappa shape index (κ2) is 11.1. The number of nitrogens with two attached hydrogens (primary N) is 2. The molecule has 2 aromatic heterocycles. The van der Waals surface area contributed by atoms with Crippen molar-refractivity contribution in [2.45, 2.75) is 31.5 Å². The van der Waals surface area contributed by atoms with Crippen molar-refractivity contribution in [3.63, 3.8) is 0 Å². The van der Waals surface area contributed by atoms with Crippen LogP contribution in [0.1, 0.15) is 25.2 Å². The predicted molar refractivity (Wildman–Crippen MR) is 132 cm³/mol. The van der Waals surface area contributed by atoms with Crippen LogP contribution in [0.15, 0.2) is 28.9 Å². The molecule has 0 spiro atoms. The van der Waals surface area contributed by atoms with E-state index >= 15 is 0 Å². The first-order valence-corrected chi connectivity index (χ1v) is 12.8. The molecule has 2 atom stereocenters. The molecular weight excluding hydrogens is 564 g/mol. The molecule has 0 saturated carbocycles. The number of carboxylic acid groups (broad SMARTS) is 1. The van der Waals surface area contributed by atoms with E-state index in [-0.39, 0.29) is 28.1 Å². The number of hydrogen-bond donors (Lipinski definition) is 6. The van der Waals surface area contributed by atoms with Gasteiger partial charge < -0.3 is 31.5 Å². The average molecular weight is 587 g/mol. The molecular formula is C19H22N8O10S2. The van der Waals surface area contributed by atoms with Gasteiger partial charge in [-0.2, -0.15) is 13.5 Å². The number of pyridine rings is 1. The van der Waals surface area contributed by atoms with Crippen molar-refractivity contribution in [3.8, 4) is 5.75 Å². The van der Waals surface area contributed by atoms with Crippen LogP contribution >= 0.6 is 11.3 Å². The van der Waals surface area contributed by atoms with Crippen molar-refractivity contribution in [2.24, 2.45) is 10.9 Å². The minimum atomic E-state index is -5.01. The quantitative estimate of drug-likeness (QED) is 0.0542. The van der Waals surface area contributed by atoms with Crippen LogP contribution in [0.3, 0.4) is 0 Å². The summed E-state index contributed by atoms with van der Waals surface area (Å²) in [7, 11) is -5.01. The normalized spacial score (nSPS) is 17.6. The number of rotatable bonds is 12. The van der Waals surface area contributed by atoms with E-state index in [4.69, 9.17) is 31.0 Å². The number of aromatic nitrogens is 2. The largest absolute Gasteiger partial charge is 0.487 e. The number of ether oxygens (including phenoxy) is 1. The Morgan fingerprint density at radius 2 is 2.05 bits per heavy atom. The lowest BCUT2D eigenvalue weighted by molar-refractivity contribution is -0.218. The zero-order valence-corrected chi connectivity index (χ0v) is 21.7. The number of β-lactam (4-membered cyclic amide) rings is 1. The molecule has 1 saturated heterocycles. The molecule has 1 aliphatic rings. The fourth-order valence-electron chi connectivity index (χ4n) is 3.08. The monoisotopic (exact) mass is 586 g/mol. The van der Waals surface area contributed by atoms with Crippen LogP contribution in [0.25, 0.3) is 0 Å². The number of anilines is 1. The Bertz CT molecular complexity index is 1420. The number of amidine groups is 1. The molecule has 0 bridgehead atoms. The number of carbonyl (C=O) groups excluding carboxylic acids is 2. The van der Waals surface area contributed by atoms with E-state index in [2.05, 4.69) is 24.7 Å². The van der Waals surface area contributed by atoms with Crippen molar-refractivity contribution in [1.82, 2.24) is 20.3 Å². The number of aliphatic carboxylic acids is 1. The third-order valence-electron chi connectivity index (χ3n) is 5.06. The summed E-state index contributed by atoms with van der Waals surface area (Å²) in [6.45, 7) is 2.10. The number of amides is 2. The van der Waals surface area contributed by atoms with Crippen LogP contribution in [-0.2, 0) is 33.9 Å². The van der Waals surface area contributed by atoms with Gasteiger partial charge in [-0.15, -0.1) is 15.6 Å². The van der Waals surface area contributed by atoms with Gasteiger partial charge in [0.15, 0.2) is 10.8 Å². The highest BCUT2D eigenvalue weighted by Crippen LogP contribution is 2.33. The molecule has 1 fully saturated rings. The molecule has 8 N–H and O–H groups in total. The van der Waals surface area contributed by atoms with Gasteiger partial charge in [0, 0.05) is 5.38 Å². The SMILES string of the molecule is CC1(C)[C@H](NC(=O)/C(=N\O[C@@H](COc2ccc(C(=N)N)nc2)C(=O)O)c2csc(N)n2)C(=O)N1OS(=O)(=O)O. The van der Waals surface area contributed by atoms with Gasteiger partial charge in [0.05, 0.1) is 11.7 Å². The number of oxime groups is 1. The summed E-state index contributed by atoms with van der Waals surface area (Å²) in [5.41, 5.74) is 9.03. The van der Waals surface area contributed by atoms with E-state index in [1.165, 1.54) is 37.6 Å². The Morgan fingerprint density at radius 1 is 1.36 bits per heavy atom. The molecule has 2 amide bonds. The van der Waals surface area contributed by atoms with Crippen LogP contribution in [-0.4, -0.2) is 86.7 Å². The topological polar surface area (TPSA) is 283 Å². The van der Waals surface area contributed by atoms with Gasteiger partial charge in [-0.05, 0) is 26.0 Å². The first-order chi connectivity index (χ1) is 18.1. The van der Waals surface area contributed by atoms with E-state index < -0.39 is 58.2 Å². The second-order valence-corrected chi connectivity index (χ2v) is 10.1. The number of carbonyl (C=O) groups is 3. The Hall–Kier alpha value is -4.40. The lowest BCUT2D eigenvalue weighted by atomic mass is 9.84. The van der Waals surface area contributed by atoms with E-state index in [0.29, 0.717) is 5.06 Å². The van der Waals surface area contributed by atoms with Crippen molar-refractivity contribution < 1.29 is 46.3 Å². The molecule has 39 heavy (non-hydrogen) atoms. The van der Waals surface area contributed by atoms with E-state index in [1.54, 1.807) is 0 Å². The Kier molecular flexibility index (Phi) is 8.33. The highest BCUT2D eigenvalue weighted by Gasteiger charge is 2.58. The third-order valence-corrected chi connectivity index (χ3v) is 6.07. The van der Waals surface area contributed by atoms with Crippen molar-refractivity contribution in [1.29, 1.82) is 5.41 Å². The standard InChI is InChI=1S/C19H22N8O10S2/c1-19(2)13(16(29)27(19)37-39(32,33)34)25-15(28)12(10-7-38-18(22)24-10)26-36-11(17(30)31)6-35-8-3-4-9(14(20)21)23-5-8/h3-5,7,11,13H,6H2,1-2H3,(H3,20,21)(H2,22,24)(H,25,28)(H,30,31)(H,32,33,34)/b26-12-/t11-,13+/m0/s1. The molecule has 3 rings (SSSR count). The molecule has 20 heteroatoms. The summed E-state index contributed by atoms with van der Waals surface area (Å²) in [6.07, 6.45) is -0.515. The van der Waals surface area contributed by atoms with Crippen molar-refractivity contribution >= 4 is 56.2 Å². The first kappa shape index (κ1) is 29.2. The summed E-state index contributed by atoms with van der Waals surface area (Å²) in [6, 6.07) is 1.44. The Labute approximate surface area is 224 Å². The highest BCUT2D eigenvalue weighted by atomic mass is 32.3. The molecule has 0 aromatic carbocycles. The molecule has 210 valence electrons. The summed E-state index contributed by atoms with van der Waals surface area (Å²) in [4.78, 5) is 50.0. The van der Waals surface area contributed by atoms with Crippen molar-refractivity contribution in [2.75, 3.05) is 12.3 Å². The minimum absolute atomic E-state index is 0.0397. The molecule has 18 nitrogen and oxygen atoms in total. The van der Waals surface area contributed by atoms with Crippen LogP contribution in [0.4, 0.5) is 5.13 Å². The van der Waals surface area contributed by atoms with Crippen LogP contribution in [0.2, 0.25) is 0 Å². The lowest BCUT2D eigenvalue weighted by Crippen LogP contribution is -2.76. The zero-order chi connectivity index (χ0) is 29.1. The molecule has 0 radical (unpaired) electrons. The Balaban J connectivity index is 1.76. The van der Waals surface area contributed by atoms with Gasteiger partial charge >= 0.3 is 16.4 Å². The van der Waals surface area contributed by atoms with Gasteiger partial charge in [-0.3, -0.25) is 19.6 Å². The lowest BCUT2D eigenvalue weighted by Gasteiger charge is -2.50. The van der Waals surface area contributed by atoms with E-state index in [0.717, 1.165) is 11.3 Å². The maximum atomic E-state index is 13.0. The second-order valence-electron chi connectivity index (χ2n) is 8.24.